The highest BCUT2D eigenvalue weighted by Gasteiger charge is 2.44. The van der Waals surface area contributed by atoms with Crippen molar-refractivity contribution >= 4 is 17.4 Å². The Kier molecular flexibility index (Phi) is 5.52. The first-order chi connectivity index (χ1) is 12.9. The van der Waals surface area contributed by atoms with Gasteiger partial charge in [-0.25, -0.2) is 0 Å². The first kappa shape index (κ1) is 19.0. The number of nitrogens with one attached hydrogen (secondary N) is 1. The van der Waals surface area contributed by atoms with E-state index < -0.39 is 28.4 Å². The number of ether oxygens (including phenoxy) is 1. The molecule has 1 unspecified atom stereocenters. The van der Waals surface area contributed by atoms with Crippen LogP contribution in [0.15, 0.2) is 35.6 Å². The molecule has 0 saturated carbocycles. The van der Waals surface area contributed by atoms with Crippen LogP contribution in [0, 0.1) is 10.1 Å². The number of carbonyl (C=O) groups excluding carboxylic acids is 2. The molecule has 1 aromatic rings. The number of rotatable bonds is 6. The average molecular weight is 376 g/mol. The topological polar surface area (TPSA) is 114 Å². The van der Waals surface area contributed by atoms with Crippen LogP contribution in [0.3, 0.4) is 0 Å². The maximum atomic E-state index is 12.6. The molecule has 1 atom stereocenters. The second kappa shape index (κ2) is 7.85. The molecule has 2 heterocycles. The van der Waals surface area contributed by atoms with Crippen LogP contribution in [0.25, 0.3) is 0 Å². The molecule has 0 aromatic heterocycles. The summed E-state index contributed by atoms with van der Waals surface area (Å²) in [6.45, 7) is 5.00. The molecular weight excluding hydrogens is 354 g/mol. The molecule has 0 aliphatic carbocycles. The second-order valence-corrected chi connectivity index (χ2v) is 6.65. The van der Waals surface area contributed by atoms with Gasteiger partial charge in [0.2, 0.25) is 0 Å². The third kappa shape index (κ3) is 3.69. The smallest absolute Gasteiger partial charge is 0.290 e. The van der Waals surface area contributed by atoms with Gasteiger partial charge in [-0.3, -0.25) is 19.7 Å². The number of aliphatic hydroxyl groups excluding tert-OH is 1. The zero-order valence-electron chi connectivity index (χ0n) is 15.0. The van der Waals surface area contributed by atoms with Gasteiger partial charge in [0.25, 0.3) is 11.6 Å². The van der Waals surface area contributed by atoms with Crippen LogP contribution in [0.4, 0.5) is 5.69 Å². The van der Waals surface area contributed by atoms with Crippen molar-refractivity contribution in [1.29, 1.82) is 0 Å². The van der Waals surface area contributed by atoms with Crippen LogP contribution in [-0.2, 0) is 14.3 Å². The van der Waals surface area contributed by atoms with Crippen molar-refractivity contribution in [3.05, 3.63) is 51.3 Å². The maximum Gasteiger partial charge on any atom is 0.290 e. The maximum absolute atomic E-state index is 12.6. The normalized spacial score (nSPS) is 21.0. The zero-order chi connectivity index (χ0) is 19.6. The number of hydrogen-bond donors (Lipinski definition) is 2. The number of aliphatic hydroxyl groups is 1. The Morgan fingerprint density at radius 2 is 2.04 bits per heavy atom. The number of hydrogen-bond acceptors (Lipinski definition) is 6. The lowest BCUT2D eigenvalue weighted by Crippen LogP contribution is -3.14. The highest BCUT2D eigenvalue weighted by molar-refractivity contribution is 6.08. The summed E-state index contributed by atoms with van der Waals surface area (Å²) in [6.07, 6.45) is 0. The fourth-order valence-corrected chi connectivity index (χ4v) is 3.64. The summed E-state index contributed by atoms with van der Waals surface area (Å²) in [7, 11) is 0. The summed E-state index contributed by atoms with van der Waals surface area (Å²) in [5, 5.41) is 21.7. The molecule has 144 valence electrons. The molecule has 0 radical (unpaired) electrons. The number of para-hydroxylation sites is 1. The molecule has 0 bridgehead atoms. The third-order valence-corrected chi connectivity index (χ3v) is 5.02. The van der Waals surface area contributed by atoms with Gasteiger partial charge in [-0.1, -0.05) is 12.1 Å². The molecule has 9 nitrogen and oxygen atoms in total. The van der Waals surface area contributed by atoms with Crippen LogP contribution in [0.5, 0.6) is 0 Å². The van der Waals surface area contributed by atoms with E-state index in [2.05, 4.69) is 0 Å². The van der Waals surface area contributed by atoms with Crippen molar-refractivity contribution in [2.45, 2.75) is 13.0 Å². The first-order valence-electron chi connectivity index (χ1n) is 8.81. The summed E-state index contributed by atoms with van der Waals surface area (Å²) in [5.74, 6) is -1.77. The highest BCUT2D eigenvalue weighted by atomic mass is 16.6. The molecule has 2 aliphatic rings. The Balaban J connectivity index is 1.95. The first-order valence-corrected chi connectivity index (χ1v) is 8.81. The van der Waals surface area contributed by atoms with Gasteiger partial charge in [0, 0.05) is 6.07 Å². The Bertz CT molecular complexity index is 800. The van der Waals surface area contributed by atoms with Crippen LogP contribution in [0.1, 0.15) is 18.5 Å². The van der Waals surface area contributed by atoms with E-state index in [0.29, 0.717) is 19.8 Å². The van der Waals surface area contributed by atoms with Crippen LogP contribution >= 0.6 is 0 Å². The summed E-state index contributed by atoms with van der Waals surface area (Å²) >= 11 is 0. The number of amides is 1. The predicted octanol–water partition coefficient (Wildman–Crippen LogP) is -0.206. The summed E-state index contributed by atoms with van der Waals surface area (Å²) < 4.78 is 5.32. The van der Waals surface area contributed by atoms with Crippen molar-refractivity contribution in [3.63, 3.8) is 0 Å². The van der Waals surface area contributed by atoms with Crippen molar-refractivity contribution in [2.75, 3.05) is 39.4 Å². The molecule has 2 aliphatic heterocycles. The number of Topliss-reactive ketones (excluding diaryl/α,β-unsaturated/α-hetero) is 1. The van der Waals surface area contributed by atoms with Gasteiger partial charge < -0.3 is 19.6 Å². The minimum Gasteiger partial charge on any atom is -0.503 e. The Hall–Kier alpha value is -2.78. The van der Waals surface area contributed by atoms with Gasteiger partial charge >= 0.3 is 0 Å². The van der Waals surface area contributed by atoms with E-state index in [-0.39, 0.29) is 23.4 Å². The van der Waals surface area contributed by atoms with Gasteiger partial charge in [-0.15, -0.1) is 0 Å². The molecule has 27 heavy (non-hydrogen) atoms. The number of nitro groups is 1. The Morgan fingerprint density at radius 3 is 2.67 bits per heavy atom. The number of morpholine rings is 1. The monoisotopic (exact) mass is 376 g/mol. The molecular formula is C18H22N3O6+. The zero-order valence-corrected chi connectivity index (χ0v) is 15.0. The molecule has 2 N–H and O–H groups in total. The van der Waals surface area contributed by atoms with Gasteiger partial charge in [-0.05, 0) is 13.0 Å². The van der Waals surface area contributed by atoms with Gasteiger partial charge in [-0.2, -0.15) is 0 Å². The quantitative estimate of drug-likeness (QED) is 0.525. The molecule has 0 spiro atoms. The van der Waals surface area contributed by atoms with Crippen LogP contribution in [-0.4, -0.2) is 66.0 Å². The fraction of sp³-hybridized carbons (Fsp3) is 0.444. The van der Waals surface area contributed by atoms with E-state index in [9.17, 15) is 24.8 Å². The minimum atomic E-state index is -0.961. The van der Waals surface area contributed by atoms with Crippen molar-refractivity contribution < 1.29 is 29.3 Å². The molecule has 9 heteroatoms. The minimum absolute atomic E-state index is 0.0914. The van der Waals surface area contributed by atoms with E-state index in [4.69, 9.17) is 4.74 Å². The standard InChI is InChI=1S/C18H21N3O6/c1-12(22)15-16(13-4-2-3-5-14(13)21(25)26)20(18(24)17(15)23)7-6-19-8-10-27-11-9-19/h2-5,16,23H,6-11H2,1H3/p+1. The van der Waals surface area contributed by atoms with Crippen LogP contribution < -0.4 is 4.90 Å². The number of quaternary nitrogens is 1. The molecule has 1 aromatic carbocycles. The van der Waals surface area contributed by atoms with Crippen LogP contribution in [0.2, 0.25) is 0 Å². The number of nitro benzene ring substituents is 1. The summed E-state index contributed by atoms with van der Waals surface area (Å²) in [6, 6.07) is 5.03. The highest BCUT2D eigenvalue weighted by Crippen LogP contribution is 2.40. The van der Waals surface area contributed by atoms with E-state index in [0.717, 1.165) is 13.1 Å². The van der Waals surface area contributed by atoms with Crippen molar-refractivity contribution in [1.82, 2.24) is 4.90 Å². The fourth-order valence-electron chi connectivity index (χ4n) is 3.64. The Morgan fingerprint density at radius 1 is 1.37 bits per heavy atom. The molecule has 3 rings (SSSR count). The number of carbonyl (C=O) groups is 2. The van der Waals surface area contributed by atoms with Crippen molar-refractivity contribution in [2.24, 2.45) is 0 Å². The average Bonchev–Trinajstić information content (AvgIpc) is 2.91. The molecule has 1 amide bonds. The van der Waals surface area contributed by atoms with E-state index >= 15 is 0 Å². The lowest BCUT2D eigenvalue weighted by molar-refractivity contribution is -0.907. The number of benzene rings is 1. The van der Waals surface area contributed by atoms with E-state index in [1.807, 2.05) is 0 Å². The predicted molar refractivity (Wildman–Crippen MR) is 94.3 cm³/mol. The lowest BCUT2D eigenvalue weighted by Gasteiger charge is -2.29. The second-order valence-electron chi connectivity index (χ2n) is 6.65. The third-order valence-electron chi connectivity index (χ3n) is 5.02. The van der Waals surface area contributed by atoms with Gasteiger partial charge in [0.1, 0.15) is 13.1 Å². The SMILES string of the molecule is CC(=O)C1=C(O)C(=O)N(CC[NH+]2CCOCC2)C1c1ccccc1[N+](=O)[O-]. The van der Waals surface area contributed by atoms with Gasteiger partial charge in [0.15, 0.2) is 11.5 Å². The summed E-state index contributed by atoms with van der Waals surface area (Å²) in [5.41, 5.74) is -0.0548. The number of ketones is 1. The van der Waals surface area contributed by atoms with E-state index in [1.54, 1.807) is 6.07 Å². The lowest BCUT2D eigenvalue weighted by atomic mass is 9.95. The molecule has 1 fully saturated rings. The van der Waals surface area contributed by atoms with Crippen molar-refractivity contribution in [3.8, 4) is 0 Å². The largest absolute Gasteiger partial charge is 0.503 e. The molecule has 1 saturated heterocycles. The van der Waals surface area contributed by atoms with E-state index in [1.165, 1.54) is 34.9 Å². The number of nitrogens with zero attached hydrogens (tertiary/aromatic N) is 2. The summed E-state index contributed by atoms with van der Waals surface area (Å²) in [4.78, 5) is 38.3. The Labute approximate surface area is 156 Å². The van der Waals surface area contributed by atoms with Gasteiger partial charge in [0.05, 0.1) is 48.4 Å².